The third-order valence-electron chi connectivity index (χ3n) is 15.0. The lowest BCUT2D eigenvalue weighted by Gasteiger charge is -2.32. The van der Waals surface area contributed by atoms with Crippen LogP contribution in [0.15, 0.2) is 181 Å². The quantitative estimate of drug-likeness (QED) is 0.0735. The highest BCUT2D eigenvalue weighted by Gasteiger charge is 2.31. The van der Waals surface area contributed by atoms with Crippen molar-refractivity contribution in [2.24, 2.45) is 0 Å². The zero-order valence-corrected chi connectivity index (χ0v) is 38.8. The molecule has 0 atom stereocenters. The van der Waals surface area contributed by atoms with Crippen LogP contribution in [-0.2, 0) is 0 Å². The summed E-state index contributed by atoms with van der Waals surface area (Å²) in [4.78, 5) is 4.95. The van der Waals surface area contributed by atoms with Gasteiger partial charge in [-0.1, -0.05) is 141 Å². The molecule has 67 heavy (non-hydrogen) atoms. The van der Waals surface area contributed by atoms with Gasteiger partial charge in [-0.3, -0.25) is 0 Å². The summed E-state index contributed by atoms with van der Waals surface area (Å²) in [5.74, 6) is 2.35. The Hall–Kier alpha value is -7.30. The number of hydrogen-bond donors (Lipinski definition) is 0. The molecule has 0 aliphatic heterocycles. The van der Waals surface area contributed by atoms with Gasteiger partial charge in [0.05, 0.1) is 22.7 Å². The zero-order valence-electron chi connectivity index (χ0n) is 38.8. The van der Waals surface area contributed by atoms with E-state index < -0.39 is 0 Å². The Balaban J connectivity index is 1.20. The summed E-state index contributed by atoms with van der Waals surface area (Å²) in [7, 11) is 0. The van der Waals surface area contributed by atoms with Gasteiger partial charge in [0.1, 0.15) is 11.3 Å². The summed E-state index contributed by atoms with van der Waals surface area (Å²) in [6.45, 7) is 10.6. The number of anilines is 6. The minimum Gasteiger partial charge on any atom is -0.456 e. The Bertz CT molecular complexity index is 3520. The monoisotopic (exact) mass is 872 g/mol. The molecule has 2 saturated carbocycles. The van der Waals surface area contributed by atoms with Gasteiger partial charge in [-0.2, -0.15) is 0 Å². The van der Waals surface area contributed by atoms with Crippen molar-refractivity contribution < 1.29 is 9.15 Å². The van der Waals surface area contributed by atoms with Gasteiger partial charge in [0, 0.05) is 32.9 Å². The highest BCUT2D eigenvalue weighted by molar-refractivity contribution is 6.30. The molecule has 2 aliphatic carbocycles. The highest BCUT2D eigenvalue weighted by Crippen LogP contribution is 2.55. The van der Waals surface area contributed by atoms with Crippen molar-refractivity contribution in [1.29, 1.82) is 0 Å². The minimum atomic E-state index is 0.465. The lowest BCUT2D eigenvalue weighted by atomic mass is 9.82. The van der Waals surface area contributed by atoms with Crippen molar-refractivity contribution in [2.45, 2.75) is 84.0 Å². The van der Waals surface area contributed by atoms with Gasteiger partial charge >= 0.3 is 0 Å². The summed E-state index contributed by atoms with van der Waals surface area (Å²) in [5, 5.41) is 10.2. The molecule has 10 aromatic rings. The van der Waals surface area contributed by atoms with Crippen molar-refractivity contribution >= 4 is 88.4 Å². The minimum absolute atomic E-state index is 0.465. The van der Waals surface area contributed by atoms with Crippen molar-refractivity contribution in [1.82, 2.24) is 0 Å². The molecule has 0 unspecified atom stereocenters. The molecule has 1 heterocycles. The number of ether oxygens (including phenoxy) is 1. The zero-order chi connectivity index (χ0) is 45.2. The maximum absolute atomic E-state index is 6.98. The van der Waals surface area contributed by atoms with E-state index in [1.165, 1.54) is 100 Å². The first kappa shape index (κ1) is 41.2. The van der Waals surface area contributed by atoms with Gasteiger partial charge in [-0.05, 0) is 157 Å². The van der Waals surface area contributed by atoms with Crippen molar-refractivity contribution in [3.63, 3.8) is 0 Å². The molecule has 0 radical (unpaired) electrons. The van der Waals surface area contributed by atoms with Crippen LogP contribution in [0.2, 0.25) is 0 Å². The molecule has 0 amide bonds. The number of fused-ring (bicyclic) bond motifs is 3. The van der Waals surface area contributed by atoms with Crippen LogP contribution in [-0.4, -0.2) is 0 Å². The Kier molecular flexibility index (Phi) is 10.3. The molecule has 0 saturated heterocycles. The second-order valence-corrected chi connectivity index (χ2v) is 19.0. The first-order valence-electron chi connectivity index (χ1n) is 24.5. The number of rotatable bonds is 11. The van der Waals surface area contributed by atoms with Crippen LogP contribution >= 0.6 is 0 Å². The lowest BCUT2D eigenvalue weighted by molar-refractivity contribution is 0.444. The van der Waals surface area contributed by atoms with Crippen LogP contribution in [0.4, 0.5) is 34.1 Å². The molecule has 4 heteroatoms. The summed E-state index contributed by atoms with van der Waals surface area (Å²) >= 11 is 0. The normalized spacial score (nSPS) is 14.8. The van der Waals surface area contributed by atoms with E-state index in [2.05, 4.69) is 182 Å². The van der Waals surface area contributed by atoms with Gasteiger partial charge in [0.15, 0.2) is 11.3 Å². The van der Waals surface area contributed by atoms with E-state index in [4.69, 9.17) is 9.15 Å². The molecule has 0 bridgehead atoms. The molecule has 9 aromatic carbocycles. The molecule has 1 aromatic heterocycles. The van der Waals surface area contributed by atoms with E-state index in [0.717, 1.165) is 67.3 Å². The molecule has 0 N–H and O–H groups in total. The van der Waals surface area contributed by atoms with Crippen LogP contribution in [0.1, 0.15) is 92.4 Å². The maximum atomic E-state index is 6.98. The van der Waals surface area contributed by atoms with E-state index in [-0.39, 0.29) is 0 Å². The smallest absolute Gasteiger partial charge is 0.159 e. The van der Waals surface area contributed by atoms with Crippen LogP contribution in [0.25, 0.3) is 54.3 Å². The molecule has 12 rings (SSSR count). The summed E-state index contributed by atoms with van der Waals surface area (Å²) in [6.07, 6.45) is 13.7. The Morgan fingerprint density at radius 3 is 1.55 bits per heavy atom. The molecular formula is C63H56N2O2. The number of nitrogens with zero attached hydrogens (tertiary/aromatic N) is 2. The van der Waals surface area contributed by atoms with E-state index in [0.29, 0.717) is 17.6 Å². The Labute approximate surface area is 393 Å². The van der Waals surface area contributed by atoms with Crippen molar-refractivity contribution in [3.8, 4) is 5.75 Å². The third-order valence-corrected chi connectivity index (χ3v) is 15.0. The summed E-state index contributed by atoms with van der Waals surface area (Å²) < 4.78 is 13.7. The Morgan fingerprint density at radius 2 is 0.985 bits per heavy atom. The molecule has 2 aliphatic rings. The number of benzene rings is 9. The van der Waals surface area contributed by atoms with E-state index in [1.807, 2.05) is 19.1 Å². The fraction of sp³-hybridized carbons (Fsp3) is 0.206. The molecule has 330 valence electrons. The molecular weight excluding hydrogens is 817 g/mol. The van der Waals surface area contributed by atoms with E-state index in [1.54, 1.807) is 0 Å². The number of hydrogen-bond acceptors (Lipinski definition) is 4. The number of para-hydroxylation sites is 5. The fourth-order valence-electron chi connectivity index (χ4n) is 11.9. The highest BCUT2D eigenvalue weighted by atomic mass is 16.5. The van der Waals surface area contributed by atoms with Crippen LogP contribution in [0, 0.1) is 13.8 Å². The predicted molar refractivity (Wildman–Crippen MR) is 283 cm³/mol. The van der Waals surface area contributed by atoms with Crippen LogP contribution in [0.5, 0.6) is 5.75 Å². The van der Waals surface area contributed by atoms with Crippen molar-refractivity contribution in [2.75, 3.05) is 9.80 Å². The average Bonchev–Trinajstić information content (AvgIpc) is 4.17. The second kappa shape index (κ2) is 16.8. The van der Waals surface area contributed by atoms with E-state index in [9.17, 15) is 0 Å². The van der Waals surface area contributed by atoms with E-state index >= 15 is 0 Å². The molecule has 0 spiro atoms. The van der Waals surface area contributed by atoms with Crippen LogP contribution < -0.4 is 14.5 Å². The standard InChI is InChI=1S/C63H56N2O2/c1-5-19-42(4)66-62-41(3)21-17-32-55(62)64(45-26-8-6-9-27-45)57-38-53(43-22-12-13-23-43)47-35-37-52-58(39-54(44-24-14-15-25-44)48-34-36-51(57)59(47)60(48)52)65(46-28-10-7-11-29-46)56-33-18-31-50-49-30-16-20-40(2)61(49)67-63(50)56/h5-11,16-21,26-39,43-44H,4,12-15,22-25H2,1-3H3/b19-5-. The lowest BCUT2D eigenvalue weighted by Crippen LogP contribution is -2.14. The molecule has 2 fully saturated rings. The predicted octanol–water partition coefficient (Wildman–Crippen LogP) is 18.8. The largest absolute Gasteiger partial charge is 0.456 e. The first-order chi connectivity index (χ1) is 33.0. The van der Waals surface area contributed by atoms with Crippen LogP contribution in [0.3, 0.4) is 0 Å². The van der Waals surface area contributed by atoms with Gasteiger partial charge in [-0.25, -0.2) is 0 Å². The van der Waals surface area contributed by atoms with Gasteiger partial charge in [-0.15, -0.1) is 0 Å². The number of allylic oxidation sites excluding steroid dienone is 2. The summed E-state index contributed by atoms with van der Waals surface area (Å²) in [6, 6.07) is 56.4. The Morgan fingerprint density at radius 1 is 0.507 bits per heavy atom. The summed E-state index contributed by atoms with van der Waals surface area (Å²) in [5.41, 5.74) is 13.5. The topological polar surface area (TPSA) is 28.9 Å². The SMILES string of the molecule is C=C(/C=C\C)Oc1c(C)cccc1N(c1ccccc1)c1cc(C2CCCC2)c2ccc3c(N(c4ccccc4)c4cccc5c4oc4c(C)cccc45)cc(C4CCCC4)c4ccc1c2c43. The van der Waals surface area contributed by atoms with Gasteiger partial charge in [0.2, 0.25) is 0 Å². The third kappa shape index (κ3) is 6.87. The number of furan rings is 1. The first-order valence-corrected chi connectivity index (χ1v) is 24.5. The fourth-order valence-corrected chi connectivity index (χ4v) is 11.9. The van der Waals surface area contributed by atoms with Gasteiger partial charge in [0.25, 0.3) is 0 Å². The average molecular weight is 873 g/mol. The maximum Gasteiger partial charge on any atom is 0.159 e. The van der Waals surface area contributed by atoms with Gasteiger partial charge < -0.3 is 19.0 Å². The second-order valence-electron chi connectivity index (χ2n) is 19.0. The molecule has 4 nitrogen and oxygen atoms in total. The number of aryl methyl sites for hydroxylation is 2. The van der Waals surface area contributed by atoms with Crippen molar-refractivity contribution in [3.05, 3.63) is 198 Å².